The molecule has 4 aliphatic heterocycles. The van der Waals surface area contributed by atoms with Crippen LogP contribution >= 0.6 is 0 Å². The Bertz CT molecular complexity index is 2970. The average molecular weight is 1150 g/mol. The molecule has 2 spiro atoms. The quantitative estimate of drug-likeness (QED) is 0.0796. The van der Waals surface area contributed by atoms with Crippen LogP contribution in [0, 0.1) is 11.8 Å². The molecule has 4 bridgehead atoms. The third-order valence-electron chi connectivity index (χ3n) is 19.4. The minimum Gasteiger partial charge on any atom is -0.477 e. The first-order valence-electron chi connectivity index (χ1n) is 29.2. The van der Waals surface area contributed by atoms with Crippen LogP contribution in [0.4, 0.5) is 9.59 Å². The number of benzene rings is 2. The third kappa shape index (κ3) is 10.6. The second-order valence-electron chi connectivity index (χ2n) is 24.1. The van der Waals surface area contributed by atoms with E-state index in [0.717, 1.165) is 54.4 Å². The molecule has 2 aromatic carbocycles. The van der Waals surface area contributed by atoms with Gasteiger partial charge < -0.3 is 60.1 Å². The van der Waals surface area contributed by atoms with Gasteiger partial charge in [-0.1, -0.05) is 12.1 Å². The number of aliphatic hydroxyl groups excluding tert-OH is 2. The number of ketones is 5. The van der Waals surface area contributed by atoms with Crippen LogP contribution in [0.3, 0.4) is 0 Å². The molecular weight excluding hydrogens is 1070 g/mol. The highest BCUT2D eigenvalue weighted by molar-refractivity contribution is 5.91. The van der Waals surface area contributed by atoms with Crippen LogP contribution in [0.5, 0.6) is 23.0 Å². The lowest BCUT2D eigenvalue weighted by molar-refractivity contribution is -0.188. The number of carbonyl (C=O) groups excluding carboxylic acids is 7. The van der Waals surface area contributed by atoms with Crippen LogP contribution in [0.15, 0.2) is 43.0 Å². The normalized spacial score (nSPS) is 30.1. The molecule has 5 heterocycles. The van der Waals surface area contributed by atoms with Crippen LogP contribution in [-0.4, -0.2) is 202 Å². The molecule has 23 heteroatoms. The number of nitrogens with zero attached hydrogens (tertiary/aromatic N) is 4. The van der Waals surface area contributed by atoms with Crippen LogP contribution in [0.2, 0.25) is 0 Å². The molecule has 13 rings (SSSR count). The van der Waals surface area contributed by atoms with E-state index in [-0.39, 0.29) is 85.1 Å². The zero-order valence-corrected chi connectivity index (χ0v) is 48.1. The zero-order chi connectivity index (χ0) is 59.3. The van der Waals surface area contributed by atoms with E-state index in [0.29, 0.717) is 68.1 Å². The van der Waals surface area contributed by atoms with Crippen molar-refractivity contribution in [1.29, 1.82) is 0 Å². The van der Waals surface area contributed by atoms with E-state index >= 15 is 0 Å². The van der Waals surface area contributed by atoms with Crippen molar-refractivity contribution in [2.24, 2.45) is 11.8 Å². The predicted molar refractivity (Wildman–Crippen MR) is 297 cm³/mol. The van der Waals surface area contributed by atoms with E-state index in [1.54, 1.807) is 33.3 Å². The fourth-order valence-electron chi connectivity index (χ4n) is 14.7. The summed E-state index contributed by atoms with van der Waals surface area (Å²) in [5.41, 5.74) is 0.147. The molecule has 2 saturated heterocycles. The van der Waals surface area contributed by atoms with Crippen LogP contribution in [0.1, 0.15) is 107 Å². The maximum absolute atomic E-state index is 13.1. The first-order valence-corrected chi connectivity index (χ1v) is 29.2. The number of nitrogens with one attached hydrogen (secondary N) is 3. The molecule has 23 nitrogen and oxygen atoms in total. The Hall–Kier alpha value is -6.02. The number of rotatable bonds is 16. The van der Waals surface area contributed by atoms with Gasteiger partial charge in [0.15, 0.2) is 46.8 Å². The van der Waals surface area contributed by atoms with Gasteiger partial charge in [-0.3, -0.25) is 33.8 Å². The number of imidazole rings is 1. The first kappa shape index (κ1) is 60.1. The molecule has 0 amide bonds. The van der Waals surface area contributed by atoms with E-state index in [2.05, 4.69) is 30.7 Å². The lowest BCUT2D eigenvalue weighted by atomic mass is 9.49. The van der Waals surface area contributed by atoms with Crippen molar-refractivity contribution in [2.75, 3.05) is 67.1 Å². The predicted octanol–water partition coefficient (Wildman–Crippen LogP) is 1.89. The Morgan fingerprint density at radius 2 is 1.11 bits per heavy atom. The summed E-state index contributed by atoms with van der Waals surface area (Å²) < 4.78 is 30.2. The number of piperidine rings is 2. The summed E-state index contributed by atoms with van der Waals surface area (Å²) in [5, 5.41) is 49.5. The van der Waals surface area contributed by atoms with E-state index in [4.69, 9.17) is 33.9 Å². The number of carbonyl (C=O) groups is 7. The van der Waals surface area contributed by atoms with Gasteiger partial charge in [0.2, 0.25) is 0 Å². The highest BCUT2D eigenvalue weighted by Gasteiger charge is 2.75. The molecule has 7 N–H and O–H groups in total. The van der Waals surface area contributed by atoms with Gasteiger partial charge in [0, 0.05) is 61.5 Å². The lowest BCUT2D eigenvalue weighted by Gasteiger charge is -2.62. The van der Waals surface area contributed by atoms with Gasteiger partial charge in [-0.25, -0.2) is 19.1 Å². The molecule has 3 aromatic rings. The molecule has 11 atom stereocenters. The summed E-state index contributed by atoms with van der Waals surface area (Å²) in [6.07, 6.45) is 10.5. The summed E-state index contributed by atoms with van der Waals surface area (Å²) >= 11 is 0. The lowest BCUT2D eigenvalue weighted by Crippen LogP contribution is -2.76. The number of likely N-dealkylation sites (N-methyl/N-ethyl adjacent to an activating group) is 3. The Kier molecular flexibility index (Phi) is 17.2. The number of aromatic nitrogens is 2. The first-order chi connectivity index (χ1) is 39.7. The SMILES string of the molecule is CNC(CO)C(C)=O.CNC(CO)C(C)=O.CNC(COC(=O)Oc1ccc2c3c1OC1C(=O)CC[C@@]4(O)[C@@H](C2)N(CC2CC2)CC[C@]314)C(C)=O.O=C1CC[C@@]2(O)[C@H]3Cc4ccc(OC(=O)n5ccnc5)c5c4[C@@]2(CCN3CC2CC2)C1O5. The summed E-state index contributed by atoms with van der Waals surface area (Å²) in [4.78, 5) is 92.4. The minimum absolute atomic E-state index is 0.0139. The number of ether oxygens (including phenoxy) is 5. The summed E-state index contributed by atoms with van der Waals surface area (Å²) in [6, 6.07) is 5.88. The molecule has 6 fully saturated rings. The molecule has 1 aromatic heterocycles. The third-order valence-corrected chi connectivity index (χ3v) is 19.4. The Morgan fingerprint density at radius 1 is 0.663 bits per heavy atom. The summed E-state index contributed by atoms with van der Waals surface area (Å²) in [7, 11) is 4.89. The average Bonchev–Trinajstić information content (AvgIpc) is 1.63. The van der Waals surface area contributed by atoms with Crippen molar-refractivity contribution < 1.29 is 77.7 Å². The summed E-state index contributed by atoms with van der Waals surface area (Å²) in [6.45, 7) is 7.56. The number of Topliss-reactive ketones (excluding diaryl/α,β-unsaturated/α-hetero) is 5. The molecule has 5 unspecified atom stereocenters. The monoisotopic (exact) mass is 1150 g/mol. The van der Waals surface area contributed by atoms with Crippen LogP contribution in [-0.2, 0) is 52.4 Å². The number of hydrogen-bond acceptors (Lipinski definition) is 22. The van der Waals surface area contributed by atoms with E-state index in [1.165, 1.54) is 69.7 Å². The Balaban J connectivity index is 0.000000148. The van der Waals surface area contributed by atoms with Crippen molar-refractivity contribution in [1.82, 2.24) is 35.3 Å². The number of likely N-dealkylation sites (tertiary alicyclic amines) is 2. The minimum atomic E-state index is -1.07. The van der Waals surface area contributed by atoms with E-state index in [9.17, 15) is 43.8 Å². The standard InChI is InChI=1S/C26H32N2O7.C24H25N3O5.2C5H11NO2/c1-14(29)17(27-2)13-33-24(31)34-19-6-5-16-11-20-26(32)8-7-18(30)23-25(26,21(16)22(19)35-23)9-10-28(20)12-15-3-4-15;28-16-5-6-24(30)18-11-15-3-4-17(31-22(29)27-10-8-25-13-27)20-19(15)23(24,21(16)32-20)7-9-26(18)12-14-1-2-14;2*1-4(8)5(3-7)6-2/h5-6,15,17,20,23,27,32H,3-4,7-13H2,1-2H3;3-4,8,10,13-14,18,21,30H,1-2,5-7,9,11-12H2;2*5-7H,3H2,1-2H3/t17?,20-,23?,25+,26-;18-,21?,23+,24-;;/m11../s1. The van der Waals surface area contributed by atoms with Crippen LogP contribution < -0.4 is 34.9 Å². The van der Waals surface area contributed by atoms with Gasteiger partial charge in [-0.05, 0) is 154 Å². The highest BCUT2D eigenvalue weighted by atomic mass is 16.7. The van der Waals surface area contributed by atoms with Crippen molar-refractivity contribution >= 4 is 41.2 Å². The van der Waals surface area contributed by atoms with Gasteiger partial charge in [0.05, 0.1) is 47.3 Å². The maximum atomic E-state index is 13.1. The molecule has 0 radical (unpaired) electrons. The fourth-order valence-corrected chi connectivity index (χ4v) is 14.7. The molecular formula is C60H79N7O16. The highest BCUT2D eigenvalue weighted by Crippen LogP contribution is 2.67. The Labute approximate surface area is 482 Å². The molecule has 450 valence electrons. The van der Waals surface area contributed by atoms with Crippen molar-refractivity contribution in [2.45, 2.75) is 162 Å². The zero-order valence-electron chi connectivity index (χ0n) is 48.1. The van der Waals surface area contributed by atoms with Gasteiger partial charge >= 0.3 is 12.2 Å². The summed E-state index contributed by atoms with van der Waals surface area (Å²) in [5.74, 6) is 2.51. The topological polar surface area (TPSA) is 307 Å². The second-order valence-corrected chi connectivity index (χ2v) is 24.1. The molecule has 6 aliphatic carbocycles. The van der Waals surface area contributed by atoms with E-state index < -0.39 is 52.5 Å². The fraction of sp³-hybridized carbons (Fsp3) is 0.633. The van der Waals surface area contributed by atoms with Crippen molar-refractivity contribution in [3.05, 3.63) is 65.2 Å². The Morgan fingerprint density at radius 3 is 1.48 bits per heavy atom. The van der Waals surface area contributed by atoms with Gasteiger partial charge in [0.25, 0.3) is 0 Å². The van der Waals surface area contributed by atoms with Crippen molar-refractivity contribution in [3.63, 3.8) is 0 Å². The molecule has 83 heavy (non-hydrogen) atoms. The van der Waals surface area contributed by atoms with E-state index in [1.807, 2.05) is 12.1 Å². The molecule has 4 saturated carbocycles. The molecule has 10 aliphatic rings. The van der Waals surface area contributed by atoms with Crippen LogP contribution in [0.25, 0.3) is 0 Å². The number of aliphatic hydroxyl groups is 4. The maximum Gasteiger partial charge on any atom is 0.514 e. The number of hydrogen-bond donors (Lipinski definition) is 7. The van der Waals surface area contributed by atoms with Crippen molar-refractivity contribution in [3.8, 4) is 23.0 Å². The van der Waals surface area contributed by atoms with Gasteiger partial charge in [0.1, 0.15) is 36.3 Å². The smallest absolute Gasteiger partial charge is 0.477 e. The second kappa shape index (κ2) is 23.8. The largest absolute Gasteiger partial charge is 0.514 e. The van der Waals surface area contributed by atoms with Gasteiger partial charge in [-0.15, -0.1) is 0 Å². The van der Waals surface area contributed by atoms with Gasteiger partial charge in [-0.2, -0.15) is 0 Å².